The highest BCUT2D eigenvalue weighted by atomic mass is 32.2. The number of carbonyl (C=O) groups excluding carboxylic acids is 1. The van der Waals surface area contributed by atoms with Crippen molar-refractivity contribution in [1.82, 2.24) is 9.97 Å². The van der Waals surface area contributed by atoms with Gasteiger partial charge < -0.3 is 10.3 Å². The Labute approximate surface area is 164 Å². The van der Waals surface area contributed by atoms with E-state index in [1.54, 1.807) is 26.0 Å². The van der Waals surface area contributed by atoms with Gasteiger partial charge >= 0.3 is 0 Å². The number of carbonyl (C=O) groups is 1. The van der Waals surface area contributed by atoms with Crippen LogP contribution < -0.4 is 10.9 Å². The topological polar surface area (TPSA) is 74.8 Å². The highest BCUT2D eigenvalue weighted by Crippen LogP contribution is 2.26. The Kier molecular flexibility index (Phi) is 5.67. The Morgan fingerprint density at radius 1 is 1.37 bits per heavy atom. The van der Waals surface area contributed by atoms with Crippen molar-refractivity contribution >= 4 is 44.9 Å². The van der Waals surface area contributed by atoms with Crippen molar-refractivity contribution in [3.63, 3.8) is 0 Å². The van der Waals surface area contributed by atoms with E-state index in [9.17, 15) is 14.0 Å². The largest absolute Gasteiger partial charge is 0.323 e. The molecule has 142 valence electrons. The molecule has 1 amide bonds. The SMILES string of the molecule is Cc1ccc(NC(=O)C(C)SCc2nc3sc(C)c(C)c3c(=O)[nH]2)c(F)c1. The zero-order valence-electron chi connectivity index (χ0n) is 15.5. The minimum Gasteiger partial charge on any atom is -0.323 e. The van der Waals surface area contributed by atoms with Gasteiger partial charge in [0.1, 0.15) is 16.5 Å². The molecular formula is C19H20FN3O2S2. The molecule has 0 fully saturated rings. The number of H-pyrrole nitrogens is 1. The van der Waals surface area contributed by atoms with Crippen LogP contribution >= 0.6 is 23.1 Å². The van der Waals surface area contributed by atoms with Crippen molar-refractivity contribution in [3.8, 4) is 0 Å². The first-order valence-electron chi connectivity index (χ1n) is 8.43. The van der Waals surface area contributed by atoms with Crippen LogP contribution in [0.4, 0.5) is 10.1 Å². The summed E-state index contributed by atoms with van der Waals surface area (Å²) in [5, 5.41) is 2.80. The summed E-state index contributed by atoms with van der Waals surface area (Å²) in [6, 6.07) is 4.67. The van der Waals surface area contributed by atoms with Crippen molar-refractivity contribution < 1.29 is 9.18 Å². The average Bonchev–Trinajstić information content (AvgIpc) is 2.89. The van der Waals surface area contributed by atoms with E-state index in [0.717, 1.165) is 16.0 Å². The predicted molar refractivity (Wildman–Crippen MR) is 110 cm³/mol. The second-order valence-electron chi connectivity index (χ2n) is 6.40. The van der Waals surface area contributed by atoms with Crippen molar-refractivity contribution in [3.05, 3.63) is 56.2 Å². The molecule has 2 aromatic heterocycles. The van der Waals surface area contributed by atoms with E-state index < -0.39 is 11.1 Å². The number of benzene rings is 1. The lowest BCUT2D eigenvalue weighted by molar-refractivity contribution is -0.115. The van der Waals surface area contributed by atoms with Crippen LogP contribution in [0.1, 0.15) is 28.8 Å². The fourth-order valence-corrected chi connectivity index (χ4v) is 4.41. The lowest BCUT2D eigenvalue weighted by Crippen LogP contribution is -2.23. The van der Waals surface area contributed by atoms with E-state index in [0.29, 0.717) is 21.8 Å². The van der Waals surface area contributed by atoms with Gasteiger partial charge in [-0.1, -0.05) is 6.07 Å². The Morgan fingerprint density at radius 2 is 2.11 bits per heavy atom. The van der Waals surface area contributed by atoms with E-state index in [1.165, 1.54) is 29.2 Å². The second-order valence-corrected chi connectivity index (χ2v) is 8.93. The number of hydrogen-bond donors (Lipinski definition) is 2. The Morgan fingerprint density at radius 3 is 2.81 bits per heavy atom. The fourth-order valence-electron chi connectivity index (χ4n) is 2.60. The summed E-state index contributed by atoms with van der Waals surface area (Å²) in [6.45, 7) is 7.40. The van der Waals surface area contributed by atoms with Crippen LogP contribution in [0.25, 0.3) is 10.2 Å². The molecule has 0 spiro atoms. The summed E-state index contributed by atoms with van der Waals surface area (Å²) in [4.78, 5) is 33.7. The molecule has 5 nitrogen and oxygen atoms in total. The van der Waals surface area contributed by atoms with Gasteiger partial charge in [0.05, 0.1) is 22.1 Å². The maximum atomic E-state index is 13.9. The average molecular weight is 406 g/mol. The Bertz CT molecular complexity index is 1070. The predicted octanol–water partition coefficient (Wildman–Crippen LogP) is 4.31. The summed E-state index contributed by atoms with van der Waals surface area (Å²) in [5.74, 6) is 0.154. The number of aromatic amines is 1. The van der Waals surface area contributed by atoms with Crippen LogP contribution in [0.15, 0.2) is 23.0 Å². The lowest BCUT2D eigenvalue weighted by Gasteiger charge is -2.12. The number of amides is 1. The number of aryl methyl sites for hydroxylation is 3. The zero-order chi connectivity index (χ0) is 19.7. The molecule has 0 aliphatic rings. The summed E-state index contributed by atoms with van der Waals surface area (Å²) < 4.78 is 13.9. The molecule has 2 heterocycles. The number of thiophene rings is 1. The van der Waals surface area contributed by atoms with Crippen molar-refractivity contribution in [2.24, 2.45) is 0 Å². The van der Waals surface area contributed by atoms with Gasteiger partial charge in [0, 0.05) is 4.88 Å². The van der Waals surface area contributed by atoms with Crippen molar-refractivity contribution in [2.75, 3.05) is 5.32 Å². The van der Waals surface area contributed by atoms with Gasteiger partial charge in [-0.25, -0.2) is 9.37 Å². The third-order valence-electron chi connectivity index (χ3n) is 4.31. The first-order chi connectivity index (χ1) is 12.8. The van der Waals surface area contributed by atoms with E-state index in [1.807, 2.05) is 13.8 Å². The van der Waals surface area contributed by atoms with Crippen LogP contribution in [0.3, 0.4) is 0 Å². The number of thioether (sulfide) groups is 1. The molecule has 27 heavy (non-hydrogen) atoms. The van der Waals surface area contributed by atoms with E-state index in [-0.39, 0.29) is 17.2 Å². The third-order valence-corrected chi connectivity index (χ3v) is 6.57. The monoisotopic (exact) mass is 405 g/mol. The van der Waals surface area contributed by atoms with Gasteiger partial charge in [-0.05, 0) is 51.0 Å². The normalized spacial score (nSPS) is 12.3. The van der Waals surface area contributed by atoms with Crippen LogP contribution in [-0.2, 0) is 10.5 Å². The first kappa shape index (κ1) is 19.6. The molecule has 1 aromatic carbocycles. The minimum absolute atomic E-state index is 0.156. The van der Waals surface area contributed by atoms with E-state index in [2.05, 4.69) is 15.3 Å². The molecule has 0 bridgehead atoms. The van der Waals surface area contributed by atoms with Crippen LogP contribution in [-0.4, -0.2) is 21.1 Å². The number of aromatic nitrogens is 2. The summed E-state index contributed by atoms with van der Waals surface area (Å²) in [6.07, 6.45) is 0. The maximum Gasteiger partial charge on any atom is 0.259 e. The molecule has 8 heteroatoms. The summed E-state index contributed by atoms with van der Waals surface area (Å²) >= 11 is 2.82. The minimum atomic E-state index is -0.458. The first-order valence-corrected chi connectivity index (χ1v) is 10.3. The number of rotatable bonds is 5. The molecule has 0 radical (unpaired) electrons. The Hall–Kier alpha value is -2.19. The highest BCUT2D eigenvalue weighted by molar-refractivity contribution is 7.99. The van der Waals surface area contributed by atoms with Gasteiger partial charge in [0.2, 0.25) is 5.91 Å². The number of halogens is 1. The van der Waals surface area contributed by atoms with Gasteiger partial charge in [0.25, 0.3) is 5.56 Å². The standard InChI is InChI=1S/C19H20FN3O2S2/c1-9-5-6-14(13(20)7-9)21-17(24)12(4)26-8-15-22-18(25)16-10(2)11(3)27-19(16)23-15/h5-7,12H,8H2,1-4H3,(H,21,24)(H,22,23,25). The summed E-state index contributed by atoms with van der Waals surface area (Å²) in [7, 11) is 0. The van der Waals surface area contributed by atoms with Crippen molar-refractivity contribution in [2.45, 2.75) is 38.7 Å². The van der Waals surface area contributed by atoms with E-state index >= 15 is 0 Å². The molecule has 0 saturated carbocycles. The van der Waals surface area contributed by atoms with Crippen LogP contribution in [0.5, 0.6) is 0 Å². The quantitative estimate of drug-likeness (QED) is 0.663. The van der Waals surface area contributed by atoms with Gasteiger partial charge in [-0.2, -0.15) is 0 Å². The molecule has 3 aromatic rings. The number of nitrogens with zero attached hydrogens (tertiary/aromatic N) is 1. The highest BCUT2D eigenvalue weighted by Gasteiger charge is 2.17. The third kappa shape index (κ3) is 4.22. The molecular weight excluding hydrogens is 385 g/mol. The van der Waals surface area contributed by atoms with Crippen LogP contribution in [0, 0.1) is 26.6 Å². The smallest absolute Gasteiger partial charge is 0.259 e. The molecule has 2 N–H and O–H groups in total. The van der Waals surface area contributed by atoms with Gasteiger partial charge in [-0.15, -0.1) is 23.1 Å². The maximum absolute atomic E-state index is 13.9. The Balaban J connectivity index is 1.68. The van der Waals surface area contributed by atoms with Gasteiger partial charge in [0.15, 0.2) is 0 Å². The zero-order valence-corrected chi connectivity index (χ0v) is 17.1. The van der Waals surface area contributed by atoms with Crippen molar-refractivity contribution in [1.29, 1.82) is 0 Å². The van der Waals surface area contributed by atoms with Gasteiger partial charge in [-0.3, -0.25) is 9.59 Å². The fraction of sp³-hybridized carbons (Fsp3) is 0.316. The second kappa shape index (κ2) is 7.82. The summed E-state index contributed by atoms with van der Waals surface area (Å²) in [5.41, 5.74) is 1.75. The molecule has 1 unspecified atom stereocenters. The molecule has 0 aliphatic heterocycles. The number of hydrogen-bond acceptors (Lipinski definition) is 5. The molecule has 1 atom stereocenters. The van der Waals surface area contributed by atoms with E-state index in [4.69, 9.17) is 0 Å². The number of fused-ring (bicyclic) bond motifs is 1. The molecule has 0 aliphatic carbocycles. The number of anilines is 1. The van der Waals surface area contributed by atoms with Crippen LogP contribution in [0.2, 0.25) is 0 Å². The molecule has 3 rings (SSSR count). The lowest BCUT2D eigenvalue weighted by atomic mass is 10.2. The number of nitrogens with one attached hydrogen (secondary N) is 2. The molecule has 0 saturated heterocycles.